The number of thiazole rings is 1. The van der Waals surface area contributed by atoms with Crippen molar-refractivity contribution < 1.29 is 32.3 Å². The van der Waals surface area contributed by atoms with Crippen LogP contribution in [-0.4, -0.2) is 30.2 Å². The van der Waals surface area contributed by atoms with Crippen molar-refractivity contribution in [1.82, 2.24) is 4.57 Å². The van der Waals surface area contributed by atoms with Crippen LogP contribution < -0.4 is 9.54 Å². The summed E-state index contributed by atoms with van der Waals surface area (Å²) in [6.07, 6.45) is 0. The van der Waals surface area contributed by atoms with Gasteiger partial charge in [-0.1, -0.05) is 23.5 Å². The zero-order chi connectivity index (χ0) is 22.1. The number of carbonyl (C=O) groups is 2. The summed E-state index contributed by atoms with van der Waals surface area (Å²) < 4.78 is 45.3. The number of benzene rings is 2. The molecule has 2 heterocycles. The van der Waals surface area contributed by atoms with Gasteiger partial charge in [-0.3, -0.25) is 9.59 Å². The third-order valence-electron chi connectivity index (χ3n) is 4.42. The number of aromatic nitrogens is 1. The molecule has 0 aliphatic rings. The fourth-order valence-electron chi connectivity index (χ4n) is 3.14. The number of hydrogen-bond donors (Lipinski definition) is 0. The Labute approximate surface area is 178 Å². The minimum atomic E-state index is -0.877. The first-order valence-electron chi connectivity index (χ1n) is 9.21. The number of rotatable bonds is 5. The van der Waals surface area contributed by atoms with Crippen molar-refractivity contribution in [2.24, 2.45) is 4.99 Å². The van der Waals surface area contributed by atoms with Crippen LogP contribution in [0.2, 0.25) is 0 Å². The second-order valence-corrected chi connectivity index (χ2v) is 7.43. The number of hydrogen-bond acceptors (Lipinski definition) is 6. The van der Waals surface area contributed by atoms with Gasteiger partial charge >= 0.3 is 11.9 Å². The van der Waals surface area contributed by atoms with E-state index in [0.717, 1.165) is 17.4 Å². The average molecular weight is 446 g/mol. The summed E-state index contributed by atoms with van der Waals surface area (Å²) in [5.41, 5.74) is 0.338. The zero-order valence-corrected chi connectivity index (χ0v) is 17.3. The molecule has 160 valence electrons. The topological polar surface area (TPSA) is 83.0 Å². The summed E-state index contributed by atoms with van der Waals surface area (Å²) in [6, 6.07) is 8.50. The molecule has 7 nitrogen and oxygen atoms in total. The predicted molar refractivity (Wildman–Crippen MR) is 109 cm³/mol. The molecule has 4 aromatic rings. The van der Waals surface area contributed by atoms with Gasteiger partial charge in [0, 0.05) is 11.5 Å². The number of esters is 1. The number of furan rings is 1. The third-order valence-corrected chi connectivity index (χ3v) is 5.45. The van der Waals surface area contributed by atoms with Gasteiger partial charge in [-0.05, 0) is 25.1 Å². The quantitative estimate of drug-likeness (QED) is 0.432. The second kappa shape index (κ2) is 8.31. The van der Waals surface area contributed by atoms with Gasteiger partial charge in [-0.15, -0.1) is 0 Å². The van der Waals surface area contributed by atoms with Crippen molar-refractivity contribution in [3.63, 3.8) is 0 Å². The molecule has 0 fully saturated rings. The Kier molecular flexibility index (Phi) is 5.55. The number of halogens is 2. The first kappa shape index (κ1) is 20.7. The molecule has 2 aromatic carbocycles. The van der Waals surface area contributed by atoms with Crippen LogP contribution >= 0.6 is 11.3 Å². The van der Waals surface area contributed by atoms with Gasteiger partial charge in [0.25, 0.3) is 0 Å². The van der Waals surface area contributed by atoms with Crippen molar-refractivity contribution in [2.45, 2.75) is 13.5 Å². The zero-order valence-electron chi connectivity index (χ0n) is 16.5. The third kappa shape index (κ3) is 3.93. The standard InChI is InChI=1S/C21H16F2N2O5S/c1-3-29-17(26)10-25-18-13(23)8-12(22)9-16(18)31-21(25)24-20(27)15-7-11-5-4-6-14(28-2)19(11)30-15/h4-9H,3,10H2,1-2H3. The first-order chi connectivity index (χ1) is 14.9. The Bertz CT molecular complexity index is 1390. The Morgan fingerprint density at radius 2 is 2.03 bits per heavy atom. The van der Waals surface area contributed by atoms with Gasteiger partial charge in [-0.25, -0.2) is 8.78 Å². The summed E-state index contributed by atoms with van der Waals surface area (Å²) in [4.78, 5) is 28.8. The van der Waals surface area contributed by atoms with Gasteiger partial charge in [0.1, 0.15) is 12.4 Å². The molecule has 4 rings (SSSR count). The van der Waals surface area contributed by atoms with Crippen LogP contribution in [0.5, 0.6) is 5.75 Å². The van der Waals surface area contributed by atoms with Crippen LogP contribution in [0.3, 0.4) is 0 Å². The van der Waals surface area contributed by atoms with E-state index in [1.165, 1.54) is 17.7 Å². The lowest BCUT2D eigenvalue weighted by atomic mass is 10.2. The van der Waals surface area contributed by atoms with Crippen molar-refractivity contribution in [1.29, 1.82) is 0 Å². The molecular formula is C21H16F2N2O5S. The summed E-state index contributed by atoms with van der Waals surface area (Å²) in [7, 11) is 1.48. The SMILES string of the molecule is CCOC(=O)Cn1c(=NC(=O)c2cc3cccc(OC)c3o2)sc2cc(F)cc(F)c21. The molecule has 0 radical (unpaired) electrons. The van der Waals surface area contributed by atoms with E-state index in [0.29, 0.717) is 22.8 Å². The van der Waals surface area contributed by atoms with E-state index in [4.69, 9.17) is 13.9 Å². The highest BCUT2D eigenvalue weighted by Crippen LogP contribution is 2.29. The lowest BCUT2D eigenvalue weighted by Crippen LogP contribution is -2.23. The fourth-order valence-corrected chi connectivity index (χ4v) is 4.21. The Balaban J connectivity index is 1.85. The van der Waals surface area contributed by atoms with Crippen molar-refractivity contribution in [3.8, 4) is 5.75 Å². The predicted octanol–water partition coefficient (Wildman–Crippen LogP) is 4.04. The van der Waals surface area contributed by atoms with E-state index >= 15 is 0 Å². The number of fused-ring (bicyclic) bond motifs is 2. The lowest BCUT2D eigenvalue weighted by Gasteiger charge is -2.05. The molecule has 0 N–H and O–H groups in total. The molecule has 0 atom stereocenters. The van der Waals surface area contributed by atoms with E-state index in [1.807, 2.05) is 0 Å². The fraction of sp³-hybridized carbons (Fsp3) is 0.190. The van der Waals surface area contributed by atoms with E-state index in [2.05, 4.69) is 4.99 Å². The summed E-state index contributed by atoms with van der Waals surface area (Å²) in [5, 5.41) is 0.641. The molecule has 1 amide bonds. The molecule has 0 aliphatic carbocycles. The highest BCUT2D eigenvalue weighted by atomic mass is 32.1. The minimum Gasteiger partial charge on any atom is -0.493 e. The summed E-state index contributed by atoms with van der Waals surface area (Å²) in [6.45, 7) is 1.37. The average Bonchev–Trinajstić information content (AvgIpc) is 3.30. The Morgan fingerprint density at radius 3 is 2.77 bits per heavy atom. The Hall–Kier alpha value is -3.53. The monoisotopic (exact) mass is 446 g/mol. The highest BCUT2D eigenvalue weighted by Gasteiger charge is 2.19. The highest BCUT2D eigenvalue weighted by molar-refractivity contribution is 7.16. The molecule has 31 heavy (non-hydrogen) atoms. The van der Waals surface area contributed by atoms with Gasteiger partial charge < -0.3 is 18.5 Å². The maximum atomic E-state index is 14.5. The van der Waals surface area contributed by atoms with Gasteiger partial charge in [0.05, 0.1) is 23.9 Å². The molecular weight excluding hydrogens is 430 g/mol. The van der Waals surface area contributed by atoms with Gasteiger partial charge in [0.2, 0.25) is 0 Å². The largest absolute Gasteiger partial charge is 0.493 e. The molecule has 2 aromatic heterocycles. The van der Waals surface area contributed by atoms with E-state index in [-0.39, 0.29) is 27.4 Å². The first-order valence-corrected chi connectivity index (χ1v) is 10.0. The molecule has 0 saturated heterocycles. The molecule has 10 heteroatoms. The summed E-state index contributed by atoms with van der Waals surface area (Å²) >= 11 is 0.871. The van der Waals surface area contributed by atoms with Crippen LogP contribution in [0.4, 0.5) is 8.78 Å². The van der Waals surface area contributed by atoms with Crippen molar-refractivity contribution in [2.75, 3.05) is 13.7 Å². The molecule has 0 aliphatic heterocycles. The molecule has 0 saturated carbocycles. The number of nitrogens with zero attached hydrogens (tertiary/aromatic N) is 2. The number of para-hydroxylation sites is 1. The van der Waals surface area contributed by atoms with Crippen molar-refractivity contribution >= 4 is 44.4 Å². The second-order valence-electron chi connectivity index (χ2n) is 6.42. The molecule has 0 bridgehead atoms. The number of ether oxygens (including phenoxy) is 2. The van der Waals surface area contributed by atoms with E-state index in [1.54, 1.807) is 25.1 Å². The van der Waals surface area contributed by atoms with Gasteiger partial charge in [-0.2, -0.15) is 4.99 Å². The van der Waals surface area contributed by atoms with Crippen LogP contribution in [0.25, 0.3) is 21.2 Å². The van der Waals surface area contributed by atoms with Crippen molar-refractivity contribution in [3.05, 3.63) is 58.6 Å². The maximum absolute atomic E-state index is 14.5. The number of amides is 1. The normalized spacial score (nSPS) is 11.9. The van der Waals surface area contributed by atoms with Gasteiger partial charge in [0.15, 0.2) is 27.7 Å². The Morgan fingerprint density at radius 1 is 1.23 bits per heavy atom. The minimum absolute atomic E-state index is 0.00461. The molecule has 0 unspecified atom stereocenters. The van der Waals surface area contributed by atoms with Crippen LogP contribution in [0.1, 0.15) is 17.5 Å². The van der Waals surface area contributed by atoms with E-state index in [9.17, 15) is 18.4 Å². The van der Waals surface area contributed by atoms with Crippen LogP contribution in [0.15, 0.2) is 45.8 Å². The molecule has 0 spiro atoms. The van der Waals surface area contributed by atoms with E-state index < -0.39 is 30.1 Å². The van der Waals surface area contributed by atoms with Crippen LogP contribution in [0, 0.1) is 11.6 Å². The summed E-state index contributed by atoms with van der Waals surface area (Å²) in [5.74, 6) is -2.66. The lowest BCUT2D eigenvalue weighted by molar-refractivity contribution is -0.143. The smallest absolute Gasteiger partial charge is 0.326 e. The number of carbonyl (C=O) groups excluding carboxylic acids is 2. The number of methoxy groups -OCH3 is 1. The van der Waals surface area contributed by atoms with Crippen LogP contribution in [-0.2, 0) is 16.1 Å². The maximum Gasteiger partial charge on any atom is 0.326 e.